The number of nitriles is 1. The fraction of sp³-hybridized carbons (Fsp3) is 0.182. The molecular formula is C11H10N2O2. The zero-order valence-electron chi connectivity index (χ0n) is 8.53. The first-order chi connectivity index (χ1) is 7.02. The number of hydrogen-bond acceptors (Lipinski definition) is 3. The van der Waals surface area contributed by atoms with Crippen molar-refractivity contribution in [1.82, 2.24) is 4.98 Å². The van der Waals surface area contributed by atoms with Crippen LogP contribution in [0.25, 0.3) is 6.08 Å². The number of carboxylic acid groups (broad SMARTS) is 1. The largest absolute Gasteiger partial charge is 0.477 e. The molecule has 1 heterocycles. The summed E-state index contributed by atoms with van der Waals surface area (Å²) in [7, 11) is 0. The maximum atomic E-state index is 10.9. The molecule has 0 fully saturated rings. The molecule has 1 aromatic rings. The molecule has 0 atom stereocenters. The molecule has 0 bridgehead atoms. The van der Waals surface area contributed by atoms with Gasteiger partial charge in [0.2, 0.25) is 0 Å². The summed E-state index contributed by atoms with van der Waals surface area (Å²) in [4.78, 5) is 14.7. The Hall–Kier alpha value is -2.15. The molecule has 4 nitrogen and oxygen atoms in total. The van der Waals surface area contributed by atoms with Gasteiger partial charge in [-0.2, -0.15) is 5.26 Å². The number of nitrogens with zero attached hydrogens (tertiary/aromatic N) is 2. The first-order valence-corrected chi connectivity index (χ1v) is 4.30. The third-order valence-electron chi connectivity index (χ3n) is 2.29. The lowest BCUT2D eigenvalue weighted by molar-refractivity contribution is 0.0689. The summed E-state index contributed by atoms with van der Waals surface area (Å²) in [5.74, 6) is -1.09. The zero-order chi connectivity index (χ0) is 11.6. The summed E-state index contributed by atoms with van der Waals surface area (Å²) < 4.78 is 0. The second-order valence-electron chi connectivity index (χ2n) is 3.09. The third kappa shape index (κ3) is 1.72. The van der Waals surface area contributed by atoms with Crippen molar-refractivity contribution in [2.75, 3.05) is 0 Å². The molecule has 0 aliphatic heterocycles. The van der Waals surface area contributed by atoms with Gasteiger partial charge in [-0.3, -0.25) is 0 Å². The van der Waals surface area contributed by atoms with Gasteiger partial charge in [0.25, 0.3) is 0 Å². The van der Waals surface area contributed by atoms with Crippen LogP contribution in [0, 0.1) is 25.2 Å². The highest BCUT2D eigenvalue weighted by atomic mass is 16.4. The fourth-order valence-electron chi connectivity index (χ4n) is 1.31. The first kappa shape index (κ1) is 10.9. The molecule has 0 aromatic carbocycles. The Morgan fingerprint density at radius 3 is 2.53 bits per heavy atom. The number of pyridine rings is 1. The van der Waals surface area contributed by atoms with Gasteiger partial charge in [-0.1, -0.05) is 6.58 Å². The molecule has 15 heavy (non-hydrogen) atoms. The van der Waals surface area contributed by atoms with Gasteiger partial charge in [-0.15, -0.1) is 0 Å². The van der Waals surface area contributed by atoms with Crippen LogP contribution in [-0.4, -0.2) is 16.1 Å². The second kappa shape index (κ2) is 3.93. The monoisotopic (exact) mass is 202 g/mol. The molecule has 0 saturated heterocycles. The van der Waals surface area contributed by atoms with Crippen LogP contribution in [0.3, 0.4) is 0 Å². The van der Waals surface area contributed by atoms with E-state index in [-0.39, 0.29) is 5.69 Å². The maximum Gasteiger partial charge on any atom is 0.354 e. The van der Waals surface area contributed by atoms with Crippen molar-refractivity contribution in [3.8, 4) is 6.07 Å². The summed E-state index contributed by atoms with van der Waals surface area (Å²) in [6, 6.07) is 2.00. The second-order valence-corrected chi connectivity index (χ2v) is 3.09. The topological polar surface area (TPSA) is 74.0 Å². The number of rotatable bonds is 2. The Bertz CT molecular complexity index is 484. The van der Waals surface area contributed by atoms with Gasteiger partial charge in [0, 0.05) is 0 Å². The van der Waals surface area contributed by atoms with E-state index in [2.05, 4.69) is 11.6 Å². The van der Waals surface area contributed by atoms with Crippen LogP contribution in [-0.2, 0) is 0 Å². The van der Waals surface area contributed by atoms with Gasteiger partial charge < -0.3 is 5.11 Å². The lowest BCUT2D eigenvalue weighted by atomic mass is 10.0. The van der Waals surface area contributed by atoms with Crippen molar-refractivity contribution in [2.24, 2.45) is 0 Å². The lowest BCUT2D eigenvalue weighted by Crippen LogP contribution is -2.08. The number of carbonyl (C=O) groups is 1. The predicted octanol–water partition coefficient (Wildman–Crippen LogP) is 1.91. The van der Waals surface area contributed by atoms with Gasteiger partial charge in [-0.25, -0.2) is 9.78 Å². The molecule has 4 heteroatoms. The van der Waals surface area contributed by atoms with Crippen LogP contribution in [0.2, 0.25) is 0 Å². The maximum absolute atomic E-state index is 10.9. The highest BCUT2D eigenvalue weighted by Gasteiger charge is 2.16. The van der Waals surface area contributed by atoms with E-state index in [1.165, 1.54) is 6.08 Å². The van der Waals surface area contributed by atoms with E-state index in [4.69, 9.17) is 10.4 Å². The van der Waals surface area contributed by atoms with Crippen LogP contribution >= 0.6 is 0 Å². The van der Waals surface area contributed by atoms with Crippen LogP contribution in [0.1, 0.15) is 32.9 Å². The SMILES string of the molecule is C=Cc1nc(C(=O)O)c(C)c(C)c1C#N. The summed E-state index contributed by atoms with van der Waals surface area (Å²) in [5, 5.41) is 17.8. The molecule has 0 aliphatic rings. The molecule has 0 spiro atoms. The van der Waals surface area contributed by atoms with Crippen LogP contribution < -0.4 is 0 Å². The van der Waals surface area contributed by atoms with E-state index in [0.717, 1.165) is 0 Å². The molecule has 0 amide bonds. The smallest absolute Gasteiger partial charge is 0.354 e. The summed E-state index contributed by atoms with van der Waals surface area (Å²) in [5.41, 5.74) is 1.83. The number of aromatic carboxylic acids is 1. The van der Waals surface area contributed by atoms with Crippen LogP contribution in [0.5, 0.6) is 0 Å². The van der Waals surface area contributed by atoms with Crippen LogP contribution in [0.4, 0.5) is 0 Å². The van der Waals surface area contributed by atoms with E-state index in [1.807, 2.05) is 6.07 Å². The van der Waals surface area contributed by atoms with Crippen molar-refractivity contribution < 1.29 is 9.90 Å². The number of hydrogen-bond donors (Lipinski definition) is 1. The highest BCUT2D eigenvalue weighted by Crippen LogP contribution is 2.19. The molecule has 0 aliphatic carbocycles. The van der Waals surface area contributed by atoms with Gasteiger partial charge in [0.05, 0.1) is 11.3 Å². The van der Waals surface area contributed by atoms with Gasteiger partial charge in [-0.05, 0) is 31.1 Å². The summed E-state index contributed by atoms with van der Waals surface area (Å²) >= 11 is 0. The Balaban J connectivity index is 3.66. The summed E-state index contributed by atoms with van der Waals surface area (Å²) in [6.45, 7) is 6.85. The standard InChI is InChI=1S/C11H10N2O2/c1-4-9-8(5-12)6(2)7(3)10(13-9)11(14)15/h4H,1H2,2-3H3,(H,14,15). The van der Waals surface area contributed by atoms with Crippen molar-refractivity contribution in [1.29, 1.82) is 5.26 Å². The summed E-state index contributed by atoms with van der Waals surface area (Å²) in [6.07, 6.45) is 1.39. The van der Waals surface area contributed by atoms with Crippen molar-refractivity contribution >= 4 is 12.0 Å². The molecule has 76 valence electrons. The highest BCUT2D eigenvalue weighted by molar-refractivity contribution is 5.88. The number of aromatic nitrogens is 1. The molecule has 0 saturated carbocycles. The quantitative estimate of drug-likeness (QED) is 0.794. The Labute approximate surface area is 87.5 Å². The van der Waals surface area contributed by atoms with E-state index in [1.54, 1.807) is 13.8 Å². The molecule has 1 rings (SSSR count). The van der Waals surface area contributed by atoms with Gasteiger partial charge >= 0.3 is 5.97 Å². The number of carboxylic acids is 1. The average Bonchev–Trinajstić information content (AvgIpc) is 2.21. The third-order valence-corrected chi connectivity index (χ3v) is 2.29. The average molecular weight is 202 g/mol. The van der Waals surface area contributed by atoms with E-state index in [0.29, 0.717) is 22.4 Å². The molecule has 0 unspecified atom stereocenters. The predicted molar refractivity (Wildman–Crippen MR) is 55.5 cm³/mol. The van der Waals surface area contributed by atoms with Crippen LogP contribution in [0.15, 0.2) is 6.58 Å². The minimum absolute atomic E-state index is 0.0265. The fourth-order valence-corrected chi connectivity index (χ4v) is 1.31. The zero-order valence-corrected chi connectivity index (χ0v) is 8.53. The van der Waals surface area contributed by atoms with Crippen molar-refractivity contribution in [3.63, 3.8) is 0 Å². The molecule has 1 N–H and O–H groups in total. The minimum atomic E-state index is -1.09. The first-order valence-electron chi connectivity index (χ1n) is 4.30. The van der Waals surface area contributed by atoms with Gasteiger partial charge in [0.15, 0.2) is 5.69 Å². The Morgan fingerprint density at radius 1 is 1.53 bits per heavy atom. The molecule has 0 radical (unpaired) electrons. The van der Waals surface area contributed by atoms with Crippen molar-refractivity contribution in [2.45, 2.75) is 13.8 Å². The minimum Gasteiger partial charge on any atom is -0.477 e. The van der Waals surface area contributed by atoms with E-state index < -0.39 is 5.97 Å². The van der Waals surface area contributed by atoms with E-state index in [9.17, 15) is 4.79 Å². The molecule has 1 aromatic heterocycles. The Kier molecular flexibility index (Phi) is 2.86. The molecular weight excluding hydrogens is 192 g/mol. The lowest BCUT2D eigenvalue weighted by Gasteiger charge is -2.08. The van der Waals surface area contributed by atoms with Gasteiger partial charge in [0.1, 0.15) is 6.07 Å². The van der Waals surface area contributed by atoms with Crippen molar-refractivity contribution in [3.05, 3.63) is 34.7 Å². The normalized spacial score (nSPS) is 9.40. The van der Waals surface area contributed by atoms with E-state index >= 15 is 0 Å². The Morgan fingerprint density at radius 2 is 2.13 bits per heavy atom.